The Morgan fingerprint density at radius 3 is 2.03 bits per heavy atom. The van der Waals surface area contributed by atoms with Crippen molar-refractivity contribution in [3.05, 3.63) is 34.4 Å². The summed E-state index contributed by atoms with van der Waals surface area (Å²) in [5, 5.41) is 13.6. The first-order chi connectivity index (χ1) is 14.4. The summed E-state index contributed by atoms with van der Waals surface area (Å²) in [4.78, 5) is 50.4. The number of carbonyl (C=O) groups excluding carboxylic acids is 3. The molecule has 1 saturated heterocycles. The molecule has 4 atom stereocenters. The van der Waals surface area contributed by atoms with Gasteiger partial charge in [0, 0.05) is 29.8 Å². The summed E-state index contributed by atoms with van der Waals surface area (Å²) in [7, 11) is 0. The molecule has 0 aromatic heterocycles. The lowest BCUT2D eigenvalue weighted by Gasteiger charge is -2.33. The fourth-order valence-electron chi connectivity index (χ4n) is 6.30. The number of nitro benzene ring substituents is 1. The van der Waals surface area contributed by atoms with Gasteiger partial charge >= 0.3 is 0 Å². The van der Waals surface area contributed by atoms with E-state index in [1.54, 1.807) is 4.90 Å². The predicted octanol–water partition coefficient (Wildman–Crippen LogP) is 3.12. The maximum atomic E-state index is 13.0. The minimum atomic E-state index is -0.479. The Morgan fingerprint density at radius 2 is 1.50 bits per heavy atom. The molecule has 1 aliphatic heterocycles. The fourth-order valence-corrected chi connectivity index (χ4v) is 6.30. The molecule has 2 bridgehead atoms. The van der Waals surface area contributed by atoms with Crippen LogP contribution in [0.5, 0.6) is 0 Å². The van der Waals surface area contributed by atoms with Crippen LogP contribution in [0.3, 0.4) is 0 Å². The van der Waals surface area contributed by atoms with Gasteiger partial charge in [-0.3, -0.25) is 29.4 Å². The van der Waals surface area contributed by atoms with E-state index in [4.69, 9.17) is 0 Å². The van der Waals surface area contributed by atoms with E-state index in [0.29, 0.717) is 43.2 Å². The molecule has 3 saturated carbocycles. The van der Waals surface area contributed by atoms with E-state index < -0.39 is 4.92 Å². The molecule has 4 aliphatic rings. The van der Waals surface area contributed by atoms with Crippen molar-refractivity contribution in [2.75, 3.05) is 5.32 Å². The molecule has 8 nitrogen and oxygen atoms in total. The average molecular weight is 411 g/mol. The number of nitrogens with zero attached hydrogens (tertiary/aromatic N) is 2. The van der Waals surface area contributed by atoms with Gasteiger partial charge in [-0.15, -0.1) is 0 Å². The van der Waals surface area contributed by atoms with Gasteiger partial charge in [-0.25, -0.2) is 0 Å². The molecule has 30 heavy (non-hydrogen) atoms. The minimum absolute atomic E-state index is 0.0216. The number of fused-ring (bicyclic) bond motifs is 5. The van der Waals surface area contributed by atoms with E-state index in [1.165, 1.54) is 24.3 Å². The Hall–Kier alpha value is -2.77. The lowest BCUT2D eigenvalue weighted by Crippen LogP contribution is -2.44. The van der Waals surface area contributed by atoms with Crippen molar-refractivity contribution < 1.29 is 19.3 Å². The van der Waals surface area contributed by atoms with Gasteiger partial charge < -0.3 is 5.32 Å². The molecule has 3 aliphatic carbocycles. The highest BCUT2D eigenvalue weighted by molar-refractivity contribution is 6.06. The van der Waals surface area contributed by atoms with Crippen LogP contribution < -0.4 is 5.32 Å². The lowest BCUT2D eigenvalue weighted by molar-refractivity contribution is -0.384. The van der Waals surface area contributed by atoms with Gasteiger partial charge in [0.2, 0.25) is 17.7 Å². The molecule has 158 valence electrons. The topological polar surface area (TPSA) is 110 Å². The molecule has 1 aromatic rings. The van der Waals surface area contributed by atoms with Crippen LogP contribution in [0.4, 0.5) is 11.4 Å². The number of hydrogen-bond acceptors (Lipinski definition) is 5. The van der Waals surface area contributed by atoms with Crippen LogP contribution in [-0.2, 0) is 14.4 Å². The SMILES string of the molecule is O=C(Nc1ccc([N+](=O)[O-])cc1)C1CCC(N2C(=O)[C@@H]3[C@@H]4CC[C@@H](C4)[C@@H]3C2=O)CC1. The van der Waals surface area contributed by atoms with E-state index in [-0.39, 0.29) is 47.2 Å². The van der Waals surface area contributed by atoms with Crippen molar-refractivity contribution >= 4 is 29.1 Å². The van der Waals surface area contributed by atoms with Crippen LogP contribution >= 0.6 is 0 Å². The van der Waals surface area contributed by atoms with Gasteiger partial charge in [-0.1, -0.05) is 0 Å². The molecule has 5 rings (SSSR count). The fraction of sp³-hybridized carbons (Fsp3) is 0.591. The number of imide groups is 1. The number of nitrogens with one attached hydrogen (secondary N) is 1. The quantitative estimate of drug-likeness (QED) is 0.465. The minimum Gasteiger partial charge on any atom is -0.326 e. The molecule has 0 radical (unpaired) electrons. The van der Waals surface area contributed by atoms with Gasteiger partial charge in [0.05, 0.1) is 16.8 Å². The van der Waals surface area contributed by atoms with E-state index in [2.05, 4.69) is 5.32 Å². The second kappa shape index (κ2) is 7.18. The summed E-state index contributed by atoms with van der Waals surface area (Å²) in [6.07, 6.45) is 5.76. The highest BCUT2D eigenvalue weighted by atomic mass is 16.6. The van der Waals surface area contributed by atoms with Crippen LogP contribution in [0.25, 0.3) is 0 Å². The number of non-ortho nitro benzene ring substituents is 1. The zero-order chi connectivity index (χ0) is 21.0. The number of benzene rings is 1. The number of amides is 3. The predicted molar refractivity (Wildman–Crippen MR) is 107 cm³/mol. The number of carbonyl (C=O) groups is 3. The van der Waals surface area contributed by atoms with Crippen molar-refractivity contribution in [1.82, 2.24) is 4.90 Å². The summed E-state index contributed by atoms with van der Waals surface area (Å²) >= 11 is 0. The third-order valence-corrected chi connectivity index (χ3v) is 7.74. The zero-order valence-corrected chi connectivity index (χ0v) is 16.7. The van der Waals surface area contributed by atoms with E-state index in [9.17, 15) is 24.5 Å². The van der Waals surface area contributed by atoms with Crippen molar-refractivity contribution in [2.24, 2.45) is 29.6 Å². The smallest absolute Gasteiger partial charge is 0.269 e. The number of anilines is 1. The van der Waals surface area contributed by atoms with Crippen molar-refractivity contribution in [3.63, 3.8) is 0 Å². The monoisotopic (exact) mass is 411 g/mol. The zero-order valence-electron chi connectivity index (χ0n) is 16.7. The summed E-state index contributed by atoms with van der Waals surface area (Å²) in [5.41, 5.74) is 0.507. The molecular weight excluding hydrogens is 386 g/mol. The average Bonchev–Trinajstić information content (AvgIpc) is 3.42. The third kappa shape index (κ3) is 3.00. The molecule has 1 heterocycles. The first-order valence-corrected chi connectivity index (χ1v) is 10.9. The van der Waals surface area contributed by atoms with Gasteiger partial charge in [-0.2, -0.15) is 0 Å². The third-order valence-electron chi connectivity index (χ3n) is 7.74. The Labute approximate surface area is 174 Å². The van der Waals surface area contributed by atoms with Gasteiger partial charge in [0.1, 0.15) is 0 Å². The first-order valence-electron chi connectivity index (χ1n) is 10.9. The number of likely N-dealkylation sites (tertiary alicyclic amines) is 1. The molecule has 4 fully saturated rings. The molecule has 0 spiro atoms. The molecular formula is C22H25N3O5. The molecule has 1 N–H and O–H groups in total. The maximum Gasteiger partial charge on any atom is 0.269 e. The summed E-state index contributed by atoms with van der Waals surface area (Å²) < 4.78 is 0. The summed E-state index contributed by atoms with van der Waals surface area (Å²) in [6.45, 7) is 0. The van der Waals surface area contributed by atoms with Crippen LogP contribution in [0, 0.1) is 39.7 Å². The first kappa shape index (κ1) is 19.2. The maximum absolute atomic E-state index is 13.0. The Kier molecular flexibility index (Phi) is 4.60. The van der Waals surface area contributed by atoms with E-state index in [1.807, 2.05) is 0 Å². The molecule has 0 unspecified atom stereocenters. The molecule has 1 aromatic carbocycles. The molecule has 3 amide bonds. The van der Waals surface area contributed by atoms with Crippen molar-refractivity contribution in [3.8, 4) is 0 Å². The number of rotatable bonds is 4. The second-order valence-corrected chi connectivity index (χ2v) is 9.23. The van der Waals surface area contributed by atoms with Gasteiger partial charge in [-0.05, 0) is 68.9 Å². The van der Waals surface area contributed by atoms with Crippen LogP contribution in [0.15, 0.2) is 24.3 Å². The second-order valence-electron chi connectivity index (χ2n) is 9.23. The van der Waals surface area contributed by atoms with E-state index >= 15 is 0 Å². The highest BCUT2D eigenvalue weighted by Crippen LogP contribution is 2.56. The van der Waals surface area contributed by atoms with Crippen LogP contribution in [0.1, 0.15) is 44.9 Å². The van der Waals surface area contributed by atoms with Crippen LogP contribution in [0.2, 0.25) is 0 Å². The van der Waals surface area contributed by atoms with E-state index in [0.717, 1.165) is 19.3 Å². The van der Waals surface area contributed by atoms with Crippen molar-refractivity contribution in [1.29, 1.82) is 0 Å². The summed E-state index contributed by atoms with van der Waals surface area (Å²) in [5.74, 6) is 0.400. The highest BCUT2D eigenvalue weighted by Gasteiger charge is 2.61. The Morgan fingerprint density at radius 1 is 0.933 bits per heavy atom. The van der Waals surface area contributed by atoms with Crippen LogP contribution in [-0.4, -0.2) is 33.6 Å². The van der Waals surface area contributed by atoms with Gasteiger partial charge in [0.25, 0.3) is 5.69 Å². The lowest BCUT2D eigenvalue weighted by atomic mass is 9.81. The van der Waals surface area contributed by atoms with Gasteiger partial charge in [0.15, 0.2) is 0 Å². The Balaban J connectivity index is 1.18. The Bertz CT molecular complexity index is 878. The normalized spacial score (nSPS) is 34.9. The standard InChI is InChI=1S/C22H25N3O5/c26-20(23-15-5-9-17(10-6-15)25(29)30)12-3-7-16(8-4-12)24-21(27)18-13-1-2-14(11-13)19(18)22(24)28/h5-6,9-10,12-14,16,18-19H,1-4,7-8,11H2,(H,23,26)/t12?,13-,14+,16?,18-,19+. The summed E-state index contributed by atoms with van der Waals surface area (Å²) in [6, 6.07) is 5.69. The van der Waals surface area contributed by atoms with Crippen molar-refractivity contribution in [2.45, 2.75) is 51.0 Å². The molecule has 8 heteroatoms. The number of hydrogen-bond donors (Lipinski definition) is 1. The number of nitro groups is 1. The largest absolute Gasteiger partial charge is 0.326 e.